The Balaban J connectivity index is 1.90. The molecule has 0 atom stereocenters. The van der Waals surface area contributed by atoms with Gasteiger partial charge in [0, 0.05) is 5.56 Å². The second-order valence-corrected chi connectivity index (χ2v) is 4.06. The third-order valence-corrected chi connectivity index (χ3v) is 2.63. The number of rotatable bonds is 2. The predicted molar refractivity (Wildman–Crippen MR) is 66.1 cm³/mol. The van der Waals surface area contributed by atoms with Crippen LogP contribution in [-0.4, -0.2) is 11.3 Å². The lowest BCUT2D eigenvalue weighted by Gasteiger charge is -2.08. The van der Waals surface area contributed by atoms with E-state index in [9.17, 15) is 13.2 Å². The molecule has 3 rings (SSSR count). The van der Waals surface area contributed by atoms with Crippen molar-refractivity contribution in [3.63, 3.8) is 0 Å². The summed E-state index contributed by atoms with van der Waals surface area (Å²) in [5.74, 6) is 0.0714. The van der Waals surface area contributed by atoms with E-state index in [2.05, 4.69) is 9.72 Å². The van der Waals surface area contributed by atoms with Gasteiger partial charge in [-0.15, -0.1) is 13.2 Å². The van der Waals surface area contributed by atoms with Gasteiger partial charge in [0.1, 0.15) is 11.3 Å². The zero-order valence-electron chi connectivity index (χ0n) is 10.0. The first kappa shape index (κ1) is 12.5. The van der Waals surface area contributed by atoms with Crippen LogP contribution in [0.15, 0.2) is 52.9 Å². The Morgan fingerprint density at radius 1 is 0.950 bits per heavy atom. The van der Waals surface area contributed by atoms with Crippen molar-refractivity contribution in [2.24, 2.45) is 0 Å². The highest BCUT2D eigenvalue weighted by atomic mass is 19.4. The van der Waals surface area contributed by atoms with Crippen LogP contribution in [0.5, 0.6) is 5.75 Å². The fourth-order valence-electron chi connectivity index (χ4n) is 1.79. The molecule has 2 aromatic carbocycles. The van der Waals surface area contributed by atoms with Crippen LogP contribution < -0.4 is 4.74 Å². The van der Waals surface area contributed by atoms with E-state index < -0.39 is 6.36 Å². The molecule has 1 heterocycles. The molecule has 0 saturated heterocycles. The van der Waals surface area contributed by atoms with E-state index >= 15 is 0 Å². The van der Waals surface area contributed by atoms with Gasteiger partial charge < -0.3 is 9.15 Å². The average Bonchev–Trinajstić information content (AvgIpc) is 2.81. The highest BCUT2D eigenvalue weighted by molar-refractivity contribution is 5.76. The zero-order valence-corrected chi connectivity index (χ0v) is 10.0. The van der Waals surface area contributed by atoms with Gasteiger partial charge in [-0.1, -0.05) is 12.1 Å². The Kier molecular flexibility index (Phi) is 2.85. The number of para-hydroxylation sites is 2. The molecule has 0 fully saturated rings. The minimum Gasteiger partial charge on any atom is -0.436 e. The van der Waals surface area contributed by atoms with Crippen molar-refractivity contribution in [2.75, 3.05) is 0 Å². The van der Waals surface area contributed by atoms with E-state index in [1.165, 1.54) is 24.3 Å². The maximum atomic E-state index is 12.1. The number of aromatic nitrogens is 1. The Morgan fingerprint density at radius 3 is 2.30 bits per heavy atom. The van der Waals surface area contributed by atoms with Crippen LogP contribution in [0, 0.1) is 0 Å². The molecule has 0 spiro atoms. The molecular formula is C14H8F3NO2. The Bertz CT molecular complexity index is 699. The largest absolute Gasteiger partial charge is 0.573 e. The first-order valence-electron chi connectivity index (χ1n) is 5.73. The third kappa shape index (κ3) is 2.59. The Morgan fingerprint density at radius 2 is 1.65 bits per heavy atom. The quantitative estimate of drug-likeness (QED) is 0.697. The van der Waals surface area contributed by atoms with Gasteiger partial charge in [-0.3, -0.25) is 0 Å². The topological polar surface area (TPSA) is 35.3 Å². The molecule has 0 N–H and O–H groups in total. The summed E-state index contributed by atoms with van der Waals surface area (Å²) in [4.78, 5) is 4.26. The maximum absolute atomic E-state index is 12.1. The number of nitrogens with zero attached hydrogens (tertiary/aromatic N) is 1. The third-order valence-electron chi connectivity index (χ3n) is 2.63. The summed E-state index contributed by atoms with van der Waals surface area (Å²) in [7, 11) is 0. The lowest BCUT2D eigenvalue weighted by atomic mass is 10.2. The summed E-state index contributed by atoms with van der Waals surface area (Å²) in [6, 6.07) is 12.6. The standard InChI is InChI=1S/C14H8F3NO2/c15-14(16,17)20-10-7-5-9(6-8-10)13-18-11-3-1-2-4-12(11)19-13/h1-8H. The summed E-state index contributed by atoms with van der Waals surface area (Å²) >= 11 is 0. The lowest BCUT2D eigenvalue weighted by Crippen LogP contribution is -2.16. The highest BCUT2D eigenvalue weighted by Gasteiger charge is 2.31. The van der Waals surface area contributed by atoms with Crippen molar-refractivity contribution in [2.45, 2.75) is 6.36 Å². The number of hydrogen-bond acceptors (Lipinski definition) is 3. The van der Waals surface area contributed by atoms with Crippen molar-refractivity contribution >= 4 is 11.1 Å². The van der Waals surface area contributed by atoms with Crippen LogP contribution in [0.25, 0.3) is 22.6 Å². The first-order chi connectivity index (χ1) is 9.51. The number of halogens is 3. The normalized spacial score (nSPS) is 11.8. The van der Waals surface area contributed by atoms with Crippen LogP contribution in [-0.2, 0) is 0 Å². The second kappa shape index (κ2) is 4.56. The molecule has 0 bridgehead atoms. The molecule has 0 radical (unpaired) electrons. The van der Waals surface area contributed by atoms with Gasteiger partial charge in [-0.05, 0) is 36.4 Å². The van der Waals surface area contributed by atoms with E-state index in [0.29, 0.717) is 22.6 Å². The summed E-state index contributed by atoms with van der Waals surface area (Å²) in [5.41, 5.74) is 1.90. The average molecular weight is 279 g/mol. The number of fused-ring (bicyclic) bond motifs is 1. The monoisotopic (exact) mass is 279 g/mol. The van der Waals surface area contributed by atoms with Gasteiger partial charge >= 0.3 is 6.36 Å². The van der Waals surface area contributed by atoms with Crippen LogP contribution in [0.1, 0.15) is 0 Å². The predicted octanol–water partition coefficient (Wildman–Crippen LogP) is 4.39. The van der Waals surface area contributed by atoms with Crippen LogP contribution in [0.3, 0.4) is 0 Å². The molecule has 0 unspecified atom stereocenters. The van der Waals surface area contributed by atoms with Crippen molar-refractivity contribution in [1.29, 1.82) is 0 Å². The molecule has 3 nitrogen and oxygen atoms in total. The van der Waals surface area contributed by atoms with Gasteiger partial charge in [0.15, 0.2) is 5.58 Å². The molecule has 0 saturated carbocycles. The Labute approximate surface area is 111 Å². The fourth-order valence-corrected chi connectivity index (χ4v) is 1.79. The molecule has 0 amide bonds. The molecule has 0 aliphatic carbocycles. The van der Waals surface area contributed by atoms with Crippen LogP contribution in [0.2, 0.25) is 0 Å². The van der Waals surface area contributed by atoms with Crippen molar-refractivity contribution in [3.05, 3.63) is 48.5 Å². The zero-order chi connectivity index (χ0) is 14.2. The van der Waals surface area contributed by atoms with Gasteiger partial charge in [0.25, 0.3) is 0 Å². The molecule has 20 heavy (non-hydrogen) atoms. The van der Waals surface area contributed by atoms with Gasteiger partial charge in [0.2, 0.25) is 5.89 Å². The van der Waals surface area contributed by atoms with Gasteiger partial charge in [-0.25, -0.2) is 4.98 Å². The van der Waals surface area contributed by atoms with Gasteiger partial charge in [0.05, 0.1) is 0 Å². The van der Waals surface area contributed by atoms with E-state index in [1.54, 1.807) is 12.1 Å². The minimum absolute atomic E-state index is 0.280. The summed E-state index contributed by atoms with van der Waals surface area (Å²) in [6.07, 6.45) is -4.70. The number of ether oxygens (including phenoxy) is 1. The molecule has 102 valence electrons. The molecular weight excluding hydrogens is 271 g/mol. The Hall–Kier alpha value is -2.50. The van der Waals surface area contributed by atoms with Crippen molar-refractivity contribution in [3.8, 4) is 17.2 Å². The molecule has 6 heteroatoms. The molecule has 3 aromatic rings. The molecule has 0 aliphatic rings. The minimum atomic E-state index is -4.70. The number of alkyl halides is 3. The maximum Gasteiger partial charge on any atom is 0.573 e. The number of hydrogen-bond donors (Lipinski definition) is 0. The lowest BCUT2D eigenvalue weighted by molar-refractivity contribution is -0.274. The SMILES string of the molecule is FC(F)(F)Oc1ccc(-c2nc3ccccc3o2)cc1. The van der Waals surface area contributed by atoms with E-state index in [-0.39, 0.29) is 5.75 Å². The summed E-state index contributed by atoms with van der Waals surface area (Å²) in [6.45, 7) is 0. The highest BCUT2D eigenvalue weighted by Crippen LogP contribution is 2.28. The summed E-state index contributed by atoms with van der Waals surface area (Å²) in [5, 5.41) is 0. The number of benzene rings is 2. The van der Waals surface area contributed by atoms with Crippen LogP contribution >= 0.6 is 0 Å². The van der Waals surface area contributed by atoms with E-state index in [1.807, 2.05) is 12.1 Å². The number of oxazole rings is 1. The molecule has 0 aliphatic heterocycles. The van der Waals surface area contributed by atoms with Crippen molar-refractivity contribution in [1.82, 2.24) is 4.98 Å². The van der Waals surface area contributed by atoms with Crippen LogP contribution in [0.4, 0.5) is 13.2 Å². The van der Waals surface area contributed by atoms with E-state index in [0.717, 1.165) is 0 Å². The van der Waals surface area contributed by atoms with E-state index in [4.69, 9.17) is 4.42 Å². The second-order valence-electron chi connectivity index (χ2n) is 4.06. The van der Waals surface area contributed by atoms with Crippen molar-refractivity contribution < 1.29 is 22.3 Å². The first-order valence-corrected chi connectivity index (χ1v) is 5.73. The fraction of sp³-hybridized carbons (Fsp3) is 0.0714. The van der Waals surface area contributed by atoms with Gasteiger partial charge in [-0.2, -0.15) is 0 Å². The molecule has 1 aromatic heterocycles. The summed E-state index contributed by atoms with van der Waals surface area (Å²) < 4.78 is 45.5. The smallest absolute Gasteiger partial charge is 0.436 e.